The standard InChI is InChI=1S/C33H54N2O13P2/c1-4-48-33-27(11-9-15-32(33)39)21-35(24-50(43,44)45)30(22-36)29(13-7-5-6-12-28(37)16-17-47-19-18-46-3)34(23-49(40,41)42)20-26-10-8-14-31(38)25(26)2/h8-11,14-15,29-30,36,38-39H,4-7,12-13,16-24H2,1-3H3,(H2,40,41,42)(H2,43,44,45). The van der Waals surface area contributed by atoms with Crippen molar-refractivity contribution in [2.75, 3.05) is 52.7 Å². The van der Waals surface area contributed by atoms with Crippen LogP contribution in [-0.2, 0) is 36.5 Å². The lowest BCUT2D eigenvalue weighted by Crippen LogP contribution is -2.53. The van der Waals surface area contributed by atoms with Crippen molar-refractivity contribution < 1.29 is 63.0 Å². The molecule has 7 N–H and O–H groups in total. The maximum absolute atomic E-state index is 12.5. The molecule has 284 valence electrons. The molecule has 0 aromatic heterocycles. The average molecular weight is 749 g/mol. The van der Waals surface area contributed by atoms with Crippen molar-refractivity contribution in [3.8, 4) is 17.2 Å². The summed E-state index contributed by atoms with van der Waals surface area (Å²) in [6.45, 7) is 3.78. The third-order valence-electron chi connectivity index (χ3n) is 8.24. The molecule has 15 nitrogen and oxygen atoms in total. The summed E-state index contributed by atoms with van der Waals surface area (Å²) in [6.07, 6.45) is 0.774. The van der Waals surface area contributed by atoms with Crippen LogP contribution in [0, 0.1) is 6.92 Å². The van der Waals surface area contributed by atoms with Crippen LogP contribution in [0.3, 0.4) is 0 Å². The number of hydrogen-bond acceptors (Lipinski definition) is 11. The van der Waals surface area contributed by atoms with Gasteiger partial charge in [-0.2, -0.15) is 0 Å². The summed E-state index contributed by atoms with van der Waals surface area (Å²) in [5.41, 5.74) is 1.43. The number of carbonyl (C=O) groups is 1. The van der Waals surface area contributed by atoms with Gasteiger partial charge in [-0.1, -0.05) is 37.1 Å². The Morgan fingerprint density at radius 2 is 1.40 bits per heavy atom. The van der Waals surface area contributed by atoms with Crippen LogP contribution in [0.1, 0.15) is 62.1 Å². The zero-order chi connectivity index (χ0) is 37.3. The zero-order valence-electron chi connectivity index (χ0n) is 29.1. The largest absolute Gasteiger partial charge is 0.508 e. The van der Waals surface area contributed by atoms with Crippen LogP contribution in [0.2, 0.25) is 0 Å². The van der Waals surface area contributed by atoms with Gasteiger partial charge in [0.1, 0.15) is 24.1 Å². The number of hydrogen-bond donors (Lipinski definition) is 7. The zero-order valence-corrected chi connectivity index (χ0v) is 30.9. The van der Waals surface area contributed by atoms with E-state index < -0.39 is 46.5 Å². The number of Topliss-reactive ketones (excluding diaryl/α,β-unsaturated/α-hetero) is 1. The van der Waals surface area contributed by atoms with Crippen molar-refractivity contribution in [2.45, 2.75) is 77.5 Å². The lowest BCUT2D eigenvalue weighted by Gasteiger charge is -2.42. The molecule has 0 bridgehead atoms. The maximum Gasteiger partial charge on any atom is 0.339 e. The Balaban J connectivity index is 2.47. The highest BCUT2D eigenvalue weighted by Gasteiger charge is 2.37. The molecular weight excluding hydrogens is 694 g/mol. The number of aromatic hydroxyl groups is 2. The molecule has 0 aliphatic carbocycles. The molecule has 0 radical (unpaired) electrons. The first-order valence-corrected chi connectivity index (χ1v) is 20.2. The minimum Gasteiger partial charge on any atom is -0.508 e. The van der Waals surface area contributed by atoms with E-state index in [9.17, 15) is 48.8 Å². The van der Waals surface area contributed by atoms with E-state index in [1.54, 1.807) is 45.2 Å². The van der Waals surface area contributed by atoms with Crippen LogP contribution in [-0.4, -0.2) is 115 Å². The minimum atomic E-state index is -4.77. The van der Waals surface area contributed by atoms with E-state index in [-0.39, 0.29) is 62.2 Å². The molecule has 0 fully saturated rings. The molecule has 17 heteroatoms. The molecule has 2 unspecified atom stereocenters. The Hall–Kier alpha value is -2.39. The highest BCUT2D eigenvalue weighted by Crippen LogP contribution is 2.42. The number of nitrogens with zero attached hydrogens (tertiary/aromatic N) is 2. The van der Waals surface area contributed by atoms with E-state index in [1.165, 1.54) is 21.9 Å². The smallest absolute Gasteiger partial charge is 0.339 e. The number of benzene rings is 2. The number of para-hydroxylation sites is 1. The Kier molecular flexibility index (Phi) is 19.1. The summed E-state index contributed by atoms with van der Waals surface area (Å²) < 4.78 is 40.9. The topological polar surface area (TPSA) is 227 Å². The summed E-state index contributed by atoms with van der Waals surface area (Å²) in [7, 11) is -7.95. The minimum absolute atomic E-state index is 0.0156. The first-order valence-electron chi connectivity index (χ1n) is 16.6. The quantitative estimate of drug-likeness (QED) is 0.0538. The first-order chi connectivity index (χ1) is 23.6. The van der Waals surface area contributed by atoms with Gasteiger partial charge in [0.15, 0.2) is 11.5 Å². The van der Waals surface area contributed by atoms with Gasteiger partial charge < -0.3 is 49.1 Å². The summed E-state index contributed by atoms with van der Waals surface area (Å²) >= 11 is 0. The van der Waals surface area contributed by atoms with E-state index in [4.69, 9.17) is 14.2 Å². The van der Waals surface area contributed by atoms with Crippen LogP contribution in [0.4, 0.5) is 0 Å². The fourth-order valence-electron chi connectivity index (χ4n) is 5.81. The van der Waals surface area contributed by atoms with Gasteiger partial charge in [0.05, 0.1) is 33.0 Å². The molecule has 0 saturated heterocycles. The number of phenolic OH excluding ortho intramolecular Hbond substituents is 2. The van der Waals surface area contributed by atoms with Crippen molar-refractivity contribution in [1.82, 2.24) is 9.80 Å². The maximum atomic E-state index is 12.5. The predicted molar refractivity (Wildman–Crippen MR) is 187 cm³/mol. The Morgan fingerprint density at radius 1 is 0.800 bits per heavy atom. The van der Waals surface area contributed by atoms with Gasteiger partial charge >= 0.3 is 15.2 Å². The van der Waals surface area contributed by atoms with E-state index in [1.807, 2.05) is 0 Å². The Morgan fingerprint density at radius 3 is 2.00 bits per heavy atom. The van der Waals surface area contributed by atoms with Crippen molar-refractivity contribution in [3.63, 3.8) is 0 Å². The van der Waals surface area contributed by atoms with Gasteiger partial charge in [0.25, 0.3) is 0 Å². The van der Waals surface area contributed by atoms with Crippen LogP contribution < -0.4 is 4.74 Å². The van der Waals surface area contributed by atoms with Crippen LogP contribution in [0.25, 0.3) is 0 Å². The lowest BCUT2D eigenvalue weighted by molar-refractivity contribution is -0.120. The summed E-state index contributed by atoms with van der Waals surface area (Å²) in [5, 5.41) is 31.8. The molecule has 50 heavy (non-hydrogen) atoms. The number of rotatable bonds is 26. The number of methoxy groups -OCH3 is 1. The molecule has 0 aliphatic heterocycles. The van der Waals surface area contributed by atoms with E-state index in [0.29, 0.717) is 55.6 Å². The predicted octanol–water partition coefficient (Wildman–Crippen LogP) is 3.68. The van der Waals surface area contributed by atoms with E-state index in [0.717, 1.165) is 0 Å². The second-order valence-electron chi connectivity index (χ2n) is 12.2. The number of phenols is 2. The molecule has 2 aromatic carbocycles. The van der Waals surface area contributed by atoms with E-state index >= 15 is 0 Å². The van der Waals surface area contributed by atoms with Gasteiger partial charge in [0.2, 0.25) is 0 Å². The Bertz CT molecular complexity index is 1420. The van der Waals surface area contributed by atoms with Crippen molar-refractivity contribution >= 4 is 21.0 Å². The van der Waals surface area contributed by atoms with Crippen LogP contribution >= 0.6 is 15.2 Å². The molecule has 0 spiro atoms. The Labute approximate surface area is 294 Å². The second-order valence-corrected chi connectivity index (χ2v) is 15.4. The third kappa shape index (κ3) is 15.9. The molecule has 0 saturated carbocycles. The second kappa shape index (κ2) is 21.9. The third-order valence-corrected chi connectivity index (χ3v) is 9.71. The number of aliphatic hydroxyl groups excluding tert-OH is 1. The molecule has 2 aromatic rings. The average Bonchev–Trinajstić information content (AvgIpc) is 3.02. The van der Waals surface area contributed by atoms with Gasteiger partial charge in [-0.15, -0.1) is 0 Å². The van der Waals surface area contributed by atoms with Crippen molar-refractivity contribution in [3.05, 3.63) is 53.1 Å². The normalized spacial score (nSPS) is 13.6. The fraction of sp³-hybridized carbons (Fsp3) is 0.606. The van der Waals surface area contributed by atoms with Crippen LogP contribution in [0.15, 0.2) is 36.4 Å². The van der Waals surface area contributed by atoms with Gasteiger partial charge in [-0.25, -0.2) is 0 Å². The number of unbranched alkanes of at least 4 members (excludes halogenated alkanes) is 2. The van der Waals surface area contributed by atoms with Crippen LogP contribution in [0.5, 0.6) is 17.2 Å². The highest BCUT2D eigenvalue weighted by molar-refractivity contribution is 7.51. The number of ketones is 1. The molecule has 0 heterocycles. The van der Waals surface area contributed by atoms with Crippen molar-refractivity contribution in [2.24, 2.45) is 0 Å². The van der Waals surface area contributed by atoms with Gasteiger partial charge in [0, 0.05) is 50.7 Å². The first kappa shape index (κ1) is 43.8. The fourth-order valence-corrected chi connectivity index (χ4v) is 7.38. The molecule has 0 aliphatic rings. The monoisotopic (exact) mass is 748 g/mol. The lowest BCUT2D eigenvalue weighted by atomic mass is 9.96. The number of aliphatic hydroxyl groups is 1. The highest BCUT2D eigenvalue weighted by atomic mass is 31.2. The molecule has 0 amide bonds. The number of carbonyl (C=O) groups excluding carboxylic acids is 1. The molecular formula is C33H54N2O13P2. The number of ether oxygens (including phenoxy) is 3. The summed E-state index contributed by atoms with van der Waals surface area (Å²) in [4.78, 5) is 55.9. The SMILES string of the molecule is CCOc1c(O)cccc1CN(CP(=O)(O)O)C(CO)C(CCCCCC(=O)CCOCCOC)N(Cc1cccc(O)c1C)CP(=O)(O)O. The van der Waals surface area contributed by atoms with Gasteiger partial charge in [-0.3, -0.25) is 23.7 Å². The molecule has 2 rings (SSSR count). The van der Waals surface area contributed by atoms with Gasteiger partial charge in [-0.05, 0) is 49.9 Å². The molecule has 2 atom stereocenters. The van der Waals surface area contributed by atoms with Crippen molar-refractivity contribution in [1.29, 1.82) is 0 Å². The summed E-state index contributed by atoms with van der Waals surface area (Å²) in [5.74, 6) is -0.0665. The summed E-state index contributed by atoms with van der Waals surface area (Å²) in [6, 6.07) is 7.41. The van der Waals surface area contributed by atoms with E-state index in [2.05, 4.69) is 0 Å².